The maximum Gasteiger partial charge on any atom is 0.255 e. The van der Waals surface area contributed by atoms with E-state index in [1.807, 2.05) is 0 Å². The van der Waals surface area contributed by atoms with E-state index < -0.39 is 5.54 Å². The average Bonchev–Trinajstić information content (AvgIpc) is 2.97. The Hall–Kier alpha value is -1.01. The van der Waals surface area contributed by atoms with Crippen LogP contribution < -0.4 is 11.1 Å². The normalized spacial score (nSPS) is 19.3. The van der Waals surface area contributed by atoms with Gasteiger partial charge in [-0.05, 0) is 25.8 Å². The van der Waals surface area contributed by atoms with Gasteiger partial charge in [-0.3, -0.25) is 4.79 Å². The number of nitrogens with two attached hydrogens (primary N) is 1. The number of nitrogens with zero attached hydrogens (tertiary/aromatic N) is 1. The van der Waals surface area contributed by atoms with Crippen molar-refractivity contribution in [2.24, 2.45) is 11.7 Å². The van der Waals surface area contributed by atoms with E-state index in [4.69, 9.17) is 10.2 Å². The predicted molar refractivity (Wildman–Crippen MR) is 60.9 cm³/mol. The summed E-state index contributed by atoms with van der Waals surface area (Å²) in [6.07, 6.45) is 5.21. The minimum absolute atomic E-state index is 0.295. The maximum atomic E-state index is 11.6. The first kappa shape index (κ1) is 11.5. The highest BCUT2D eigenvalue weighted by molar-refractivity contribution is 7.99. The summed E-state index contributed by atoms with van der Waals surface area (Å²) in [4.78, 5) is 15.6. The minimum atomic E-state index is -0.626. The highest BCUT2D eigenvalue weighted by Crippen LogP contribution is 2.41. The SMILES string of the molecule is CNC(CSc1ncco1)(C(N)=O)C1CC1. The Balaban J connectivity index is 2.04. The van der Waals surface area contributed by atoms with Gasteiger partial charge in [-0.25, -0.2) is 4.98 Å². The molecule has 0 aliphatic heterocycles. The van der Waals surface area contributed by atoms with Gasteiger partial charge in [0.1, 0.15) is 11.8 Å². The van der Waals surface area contributed by atoms with Gasteiger partial charge in [0.05, 0.1) is 6.20 Å². The van der Waals surface area contributed by atoms with E-state index in [1.54, 1.807) is 13.2 Å². The van der Waals surface area contributed by atoms with E-state index in [9.17, 15) is 4.79 Å². The fourth-order valence-electron chi connectivity index (χ4n) is 1.82. The second-order valence-corrected chi connectivity index (χ2v) is 4.87. The molecule has 1 amide bonds. The lowest BCUT2D eigenvalue weighted by atomic mass is 9.95. The molecule has 5 nitrogen and oxygen atoms in total. The van der Waals surface area contributed by atoms with Crippen molar-refractivity contribution in [1.29, 1.82) is 0 Å². The standard InChI is InChI=1S/C10H15N3O2S/c1-12-10(8(11)14,7-2-3-7)6-16-9-13-4-5-15-9/h4-5,7,12H,2-3,6H2,1H3,(H2,11,14). The van der Waals surface area contributed by atoms with E-state index in [2.05, 4.69) is 10.3 Å². The minimum Gasteiger partial charge on any atom is -0.440 e. The number of hydrogen-bond donors (Lipinski definition) is 2. The zero-order valence-electron chi connectivity index (χ0n) is 9.10. The molecular formula is C10H15N3O2S. The summed E-state index contributed by atoms with van der Waals surface area (Å²) in [6.45, 7) is 0. The van der Waals surface area contributed by atoms with Crippen molar-refractivity contribution in [3.63, 3.8) is 0 Å². The molecule has 1 unspecified atom stereocenters. The first-order chi connectivity index (χ1) is 7.69. The third-order valence-electron chi connectivity index (χ3n) is 2.99. The van der Waals surface area contributed by atoms with Crippen LogP contribution in [-0.2, 0) is 4.79 Å². The predicted octanol–water partition coefficient (Wildman–Crippen LogP) is 0.620. The lowest BCUT2D eigenvalue weighted by molar-refractivity contribution is -0.124. The van der Waals surface area contributed by atoms with Gasteiger partial charge in [0.2, 0.25) is 5.91 Å². The van der Waals surface area contributed by atoms with E-state index in [0.717, 1.165) is 12.8 Å². The van der Waals surface area contributed by atoms with Crippen molar-refractivity contribution >= 4 is 17.7 Å². The number of amides is 1. The molecule has 1 aromatic heterocycles. The summed E-state index contributed by atoms with van der Waals surface area (Å²) in [5.74, 6) is 0.610. The van der Waals surface area contributed by atoms with Gasteiger partial charge in [-0.2, -0.15) is 0 Å². The molecule has 3 N–H and O–H groups in total. The Morgan fingerprint density at radius 2 is 2.56 bits per heavy atom. The van der Waals surface area contributed by atoms with Gasteiger partial charge in [0, 0.05) is 5.75 Å². The number of nitrogens with one attached hydrogen (secondary N) is 1. The fraction of sp³-hybridized carbons (Fsp3) is 0.600. The second-order valence-electron chi connectivity index (χ2n) is 3.95. The van der Waals surface area contributed by atoms with Crippen LogP contribution in [0.5, 0.6) is 0 Å². The Bertz CT molecular complexity index is 364. The third-order valence-corrected chi connectivity index (χ3v) is 4.04. The zero-order valence-corrected chi connectivity index (χ0v) is 9.92. The molecule has 88 valence electrons. The molecule has 1 aliphatic rings. The second kappa shape index (κ2) is 4.47. The van der Waals surface area contributed by atoms with E-state index in [0.29, 0.717) is 16.9 Å². The van der Waals surface area contributed by atoms with Crippen LogP contribution in [0, 0.1) is 5.92 Å². The highest BCUT2D eigenvalue weighted by Gasteiger charge is 2.48. The maximum absolute atomic E-state index is 11.6. The molecule has 1 heterocycles. The van der Waals surface area contributed by atoms with Crippen LogP contribution in [0.1, 0.15) is 12.8 Å². The molecule has 16 heavy (non-hydrogen) atoms. The fourth-order valence-corrected chi connectivity index (χ4v) is 2.96. The molecule has 1 aliphatic carbocycles. The molecule has 0 aromatic carbocycles. The Morgan fingerprint density at radius 3 is 3.00 bits per heavy atom. The van der Waals surface area contributed by atoms with Crippen LogP contribution >= 0.6 is 11.8 Å². The molecule has 0 radical (unpaired) electrons. The molecule has 6 heteroatoms. The average molecular weight is 241 g/mol. The third kappa shape index (κ3) is 2.08. The van der Waals surface area contributed by atoms with E-state index in [-0.39, 0.29) is 5.91 Å². The van der Waals surface area contributed by atoms with Gasteiger partial charge in [-0.15, -0.1) is 0 Å². The highest BCUT2D eigenvalue weighted by atomic mass is 32.2. The largest absolute Gasteiger partial charge is 0.440 e. The quantitative estimate of drug-likeness (QED) is 0.714. The summed E-state index contributed by atoms with van der Waals surface area (Å²) < 4.78 is 5.13. The molecule has 2 rings (SSSR count). The molecular weight excluding hydrogens is 226 g/mol. The van der Waals surface area contributed by atoms with Crippen molar-refractivity contribution < 1.29 is 9.21 Å². The van der Waals surface area contributed by atoms with Crippen LogP contribution in [-0.4, -0.2) is 29.2 Å². The van der Waals surface area contributed by atoms with Crippen molar-refractivity contribution in [3.05, 3.63) is 12.5 Å². The Kier molecular flexibility index (Phi) is 3.20. The lowest BCUT2D eigenvalue weighted by Crippen LogP contribution is -2.57. The number of rotatable bonds is 6. The molecule has 0 bridgehead atoms. The zero-order chi connectivity index (χ0) is 11.6. The van der Waals surface area contributed by atoms with Crippen LogP contribution in [0.2, 0.25) is 0 Å². The van der Waals surface area contributed by atoms with Crippen LogP contribution in [0.15, 0.2) is 22.1 Å². The number of carbonyl (C=O) groups is 1. The van der Waals surface area contributed by atoms with E-state index >= 15 is 0 Å². The molecule has 1 fully saturated rings. The monoisotopic (exact) mass is 241 g/mol. The lowest BCUT2D eigenvalue weighted by Gasteiger charge is -2.29. The molecule has 1 aromatic rings. The first-order valence-corrected chi connectivity index (χ1v) is 6.18. The summed E-state index contributed by atoms with van der Waals surface area (Å²) >= 11 is 1.41. The van der Waals surface area contributed by atoms with Crippen molar-refractivity contribution in [3.8, 4) is 0 Å². The molecule has 0 spiro atoms. The van der Waals surface area contributed by atoms with Crippen LogP contribution in [0.4, 0.5) is 0 Å². The number of carbonyl (C=O) groups excluding carboxylic acids is 1. The number of oxazole rings is 1. The summed E-state index contributed by atoms with van der Waals surface area (Å²) in [7, 11) is 1.78. The molecule has 1 saturated carbocycles. The summed E-state index contributed by atoms with van der Waals surface area (Å²) in [5, 5.41) is 3.65. The summed E-state index contributed by atoms with van der Waals surface area (Å²) in [6, 6.07) is 0. The molecule has 1 atom stereocenters. The van der Waals surface area contributed by atoms with Crippen LogP contribution in [0.3, 0.4) is 0 Å². The topological polar surface area (TPSA) is 81.2 Å². The number of aromatic nitrogens is 1. The Labute approximate surface area is 98.2 Å². The van der Waals surface area contributed by atoms with Crippen molar-refractivity contribution in [2.45, 2.75) is 23.6 Å². The summed E-state index contributed by atoms with van der Waals surface area (Å²) in [5.41, 5.74) is 4.87. The Morgan fingerprint density at radius 1 is 1.81 bits per heavy atom. The van der Waals surface area contributed by atoms with Crippen molar-refractivity contribution in [1.82, 2.24) is 10.3 Å². The van der Waals surface area contributed by atoms with Gasteiger partial charge in [-0.1, -0.05) is 11.8 Å². The number of hydrogen-bond acceptors (Lipinski definition) is 5. The van der Waals surface area contributed by atoms with Crippen molar-refractivity contribution in [2.75, 3.05) is 12.8 Å². The van der Waals surface area contributed by atoms with Gasteiger partial charge in [0.25, 0.3) is 5.22 Å². The number of likely N-dealkylation sites (N-methyl/N-ethyl adjacent to an activating group) is 1. The molecule has 0 saturated heterocycles. The van der Waals surface area contributed by atoms with E-state index in [1.165, 1.54) is 18.0 Å². The van der Waals surface area contributed by atoms with Gasteiger partial charge >= 0.3 is 0 Å². The van der Waals surface area contributed by atoms with Gasteiger partial charge in [0.15, 0.2) is 0 Å². The van der Waals surface area contributed by atoms with Crippen LogP contribution in [0.25, 0.3) is 0 Å². The van der Waals surface area contributed by atoms with Gasteiger partial charge < -0.3 is 15.5 Å². The first-order valence-electron chi connectivity index (χ1n) is 5.20. The number of thioether (sulfide) groups is 1. The smallest absolute Gasteiger partial charge is 0.255 e. The number of primary amides is 1.